The molecular formula is C13H14N2O4S. The van der Waals surface area contributed by atoms with Gasteiger partial charge < -0.3 is 4.74 Å². The molecule has 6 nitrogen and oxygen atoms in total. The lowest BCUT2D eigenvalue weighted by Gasteiger charge is -2.19. The molecule has 0 aromatic heterocycles. The molecule has 0 saturated heterocycles. The van der Waals surface area contributed by atoms with Crippen LogP contribution in [0.5, 0.6) is 0 Å². The molecule has 0 radical (unpaired) electrons. The van der Waals surface area contributed by atoms with Crippen molar-refractivity contribution in [3.8, 4) is 6.07 Å². The molecule has 1 aromatic carbocycles. The first-order valence-corrected chi connectivity index (χ1v) is 6.74. The largest absolute Gasteiger partial charge is 0.459 e. The van der Waals surface area contributed by atoms with Gasteiger partial charge in [-0.2, -0.15) is 5.26 Å². The number of nitro groups is 1. The van der Waals surface area contributed by atoms with E-state index in [-0.39, 0.29) is 17.0 Å². The van der Waals surface area contributed by atoms with Crippen LogP contribution in [0.4, 0.5) is 5.69 Å². The van der Waals surface area contributed by atoms with Crippen molar-refractivity contribution in [2.24, 2.45) is 0 Å². The van der Waals surface area contributed by atoms with Crippen LogP contribution < -0.4 is 0 Å². The van der Waals surface area contributed by atoms with Gasteiger partial charge >= 0.3 is 5.97 Å². The van der Waals surface area contributed by atoms with Gasteiger partial charge in [-0.05, 0) is 26.8 Å². The number of nitriles is 1. The summed E-state index contributed by atoms with van der Waals surface area (Å²) in [6.45, 7) is 5.30. The molecule has 0 saturated carbocycles. The number of hydrogen-bond donors (Lipinski definition) is 0. The van der Waals surface area contributed by atoms with E-state index in [4.69, 9.17) is 10.00 Å². The number of esters is 1. The average molecular weight is 294 g/mol. The van der Waals surface area contributed by atoms with E-state index in [0.29, 0.717) is 4.90 Å². The lowest BCUT2D eigenvalue weighted by atomic mass is 10.2. The maximum absolute atomic E-state index is 11.6. The van der Waals surface area contributed by atoms with Crippen molar-refractivity contribution >= 4 is 23.4 Å². The highest BCUT2D eigenvalue weighted by Gasteiger charge is 2.17. The van der Waals surface area contributed by atoms with Gasteiger partial charge in [0.25, 0.3) is 5.69 Å². The van der Waals surface area contributed by atoms with Crippen molar-refractivity contribution < 1.29 is 14.5 Å². The van der Waals surface area contributed by atoms with Crippen molar-refractivity contribution in [3.05, 3.63) is 33.9 Å². The Labute approximate surface area is 120 Å². The highest BCUT2D eigenvalue weighted by molar-refractivity contribution is 8.00. The molecule has 0 aliphatic heterocycles. The Kier molecular flexibility index (Phi) is 5.11. The van der Waals surface area contributed by atoms with E-state index in [0.717, 1.165) is 11.8 Å². The number of benzene rings is 1. The first-order chi connectivity index (χ1) is 9.23. The maximum atomic E-state index is 11.6. The molecule has 106 valence electrons. The third-order valence-corrected chi connectivity index (χ3v) is 3.11. The van der Waals surface area contributed by atoms with Gasteiger partial charge in [0.2, 0.25) is 0 Å². The molecule has 1 aromatic rings. The second kappa shape index (κ2) is 6.39. The number of nitrogens with zero attached hydrogens (tertiary/aromatic N) is 2. The lowest BCUT2D eigenvalue weighted by Crippen LogP contribution is -2.24. The minimum absolute atomic E-state index is 0.0454. The van der Waals surface area contributed by atoms with Gasteiger partial charge in [0.05, 0.1) is 16.2 Å². The van der Waals surface area contributed by atoms with Gasteiger partial charge in [0.15, 0.2) is 0 Å². The summed E-state index contributed by atoms with van der Waals surface area (Å²) in [4.78, 5) is 22.1. The summed E-state index contributed by atoms with van der Waals surface area (Å²) in [5.74, 6) is -0.353. The predicted octanol–water partition coefficient (Wildman–Crippen LogP) is 2.90. The van der Waals surface area contributed by atoms with E-state index < -0.39 is 16.5 Å². The van der Waals surface area contributed by atoms with Crippen molar-refractivity contribution in [3.63, 3.8) is 0 Å². The minimum Gasteiger partial charge on any atom is -0.459 e. The van der Waals surface area contributed by atoms with E-state index >= 15 is 0 Å². The average Bonchev–Trinajstić information content (AvgIpc) is 2.33. The Hall–Kier alpha value is -2.07. The summed E-state index contributed by atoms with van der Waals surface area (Å²) in [5, 5.41) is 19.6. The Bertz CT molecular complexity index is 573. The van der Waals surface area contributed by atoms with Crippen molar-refractivity contribution in [2.45, 2.75) is 31.3 Å². The number of carbonyl (C=O) groups is 1. The fourth-order valence-electron chi connectivity index (χ4n) is 1.35. The molecule has 7 heteroatoms. The molecule has 0 atom stereocenters. The molecule has 20 heavy (non-hydrogen) atoms. The Morgan fingerprint density at radius 3 is 2.65 bits per heavy atom. The van der Waals surface area contributed by atoms with E-state index in [1.165, 1.54) is 18.2 Å². The van der Waals surface area contributed by atoms with Crippen LogP contribution in [-0.4, -0.2) is 22.2 Å². The first-order valence-electron chi connectivity index (χ1n) is 5.76. The second-order valence-corrected chi connectivity index (χ2v) is 5.94. The van der Waals surface area contributed by atoms with Crippen LogP contribution in [0.2, 0.25) is 0 Å². The Balaban J connectivity index is 2.77. The zero-order chi connectivity index (χ0) is 15.3. The summed E-state index contributed by atoms with van der Waals surface area (Å²) in [5.41, 5.74) is -0.540. The highest BCUT2D eigenvalue weighted by atomic mass is 32.2. The summed E-state index contributed by atoms with van der Waals surface area (Å²) in [6, 6.07) is 5.85. The SMILES string of the molecule is CC(C)(C)OC(=O)CSc1ccc([N+](=O)[O-])cc1C#N. The normalized spacial score (nSPS) is 10.7. The third-order valence-electron chi connectivity index (χ3n) is 2.06. The fourth-order valence-corrected chi connectivity index (χ4v) is 2.11. The van der Waals surface area contributed by atoms with Gasteiger partial charge in [-0.15, -0.1) is 11.8 Å². The predicted molar refractivity (Wildman–Crippen MR) is 74.4 cm³/mol. The number of non-ortho nitro benzene ring substituents is 1. The van der Waals surface area contributed by atoms with Gasteiger partial charge in [-0.3, -0.25) is 14.9 Å². The zero-order valence-corrected chi connectivity index (χ0v) is 12.2. The van der Waals surface area contributed by atoms with E-state index in [1.54, 1.807) is 20.8 Å². The lowest BCUT2D eigenvalue weighted by molar-refractivity contribution is -0.384. The second-order valence-electron chi connectivity index (χ2n) is 4.92. The summed E-state index contributed by atoms with van der Waals surface area (Å²) in [6.07, 6.45) is 0. The smallest absolute Gasteiger partial charge is 0.316 e. The van der Waals surface area contributed by atoms with E-state index in [9.17, 15) is 14.9 Å². The standard InChI is InChI=1S/C13H14N2O4S/c1-13(2,3)19-12(16)8-20-11-5-4-10(15(17)18)6-9(11)7-14/h4-6H,8H2,1-3H3. The van der Waals surface area contributed by atoms with Gasteiger partial charge in [-0.1, -0.05) is 0 Å². The molecule has 0 unspecified atom stereocenters. The summed E-state index contributed by atoms with van der Waals surface area (Å²) >= 11 is 1.12. The van der Waals surface area contributed by atoms with Crippen LogP contribution in [-0.2, 0) is 9.53 Å². The quantitative estimate of drug-likeness (QED) is 0.367. The molecule has 1 rings (SSSR count). The molecule has 0 fully saturated rings. The van der Waals surface area contributed by atoms with Crippen molar-refractivity contribution in [1.29, 1.82) is 5.26 Å². The number of hydrogen-bond acceptors (Lipinski definition) is 6. The summed E-state index contributed by atoms with van der Waals surface area (Å²) < 4.78 is 5.14. The fraction of sp³-hybridized carbons (Fsp3) is 0.385. The van der Waals surface area contributed by atoms with Gasteiger partial charge in [0, 0.05) is 17.0 Å². The highest BCUT2D eigenvalue weighted by Crippen LogP contribution is 2.26. The molecule has 0 spiro atoms. The molecule has 0 aliphatic rings. The maximum Gasteiger partial charge on any atom is 0.316 e. The van der Waals surface area contributed by atoms with Crippen LogP contribution in [0.3, 0.4) is 0 Å². The van der Waals surface area contributed by atoms with Crippen LogP contribution in [0, 0.1) is 21.4 Å². The number of nitro benzene ring substituents is 1. The minimum atomic E-state index is -0.566. The van der Waals surface area contributed by atoms with Crippen LogP contribution in [0.1, 0.15) is 26.3 Å². The van der Waals surface area contributed by atoms with Gasteiger partial charge in [-0.25, -0.2) is 0 Å². The number of thioether (sulfide) groups is 1. The topological polar surface area (TPSA) is 93.2 Å². The summed E-state index contributed by atoms with van der Waals surface area (Å²) in [7, 11) is 0. The number of rotatable bonds is 4. The van der Waals surface area contributed by atoms with E-state index in [1.807, 2.05) is 6.07 Å². The van der Waals surface area contributed by atoms with Crippen LogP contribution >= 0.6 is 11.8 Å². The molecular weight excluding hydrogens is 280 g/mol. The third kappa shape index (κ3) is 4.90. The number of carbonyl (C=O) groups excluding carboxylic acids is 1. The molecule has 0 N–H and O–H groups in total. The molecule has 0 heterocycles. The van der Waals surface area contributed by atoms with Gasteiger partial charge in [0.1, 0.15) is 11.7 Å². The molecule has 0 aliphatic carbocycles. The Morgan fingerprint density at radius 1 is 1.50 bits per heavy atom. The molecule has 0 amide bonds. The van der Waals surface area contributed by atoms with E-state index in [2.05, 4.69) is 0 Å². The first kappa shape index (κ1) is 16.0. The monoisotopic (exact) mass is 294 g/mol. The van der Waals surface area contributed by atoms with Crippen molar-refractivity contribution in [2.75, 3.05) is 5.75 Å². The number of ether oxygens (including phenoxy) is 1. The molecule has 0 bridgehead atoms. The zero-order valence-electron chi connectivity index (χ0n) is 11.4. The van der Waals surface area contributed by atoms with Crippen LogP contribution in [0.25, 0.3) is 0 Å². The van der Waals surface area contributed by atoms with Crippen LogP contribution in [0.15, 0.2) is 23.1 Å². The Morgan fingerprint density at radius 2 is 2.15 bits per heavy atom. The van der Waals surface area contributed by atoms with Crippen molar-refractivity contribution in [1.82, 2.24) is 0 Å².